The number of nitrogens with zero attached hydrogens (tertiary/aromatic N) is 4. The SMILES string of the molecule is Cc1cccnc1NC(=O)c1cnn(-c2ccc3ccccc3n2)c1C. The molecule has 0 radical (unpaired) electrons. The zero-order valence-corrected chi connectivity index (χ0v) is 14.5. The molecule has 0 atom stereocenters. The van der Waals surface area contributed by atoms with Crippen LogP contribution < -0.4 is 5.32 Å². The van der Waals surface area contributed by atoms with E-state index in [4.69, 9.17) is 0 Å². The Kier molecular flexibility index (Phi) is 3.93. The topological polar surface area (TPSA) is 72.7 Å². The third kappa shape index (κ3) is 2.82. The second kappa shape index (κ2) is 6.40. The minimum Gasteiger partial charge on any atom is -0.306 e. The van der Waals surface area contributed by atoms with E-state index in [0.29, 0.717) is 17.2 Å². The zero-order chi connectivity index (χ0) is 18.1. The first-order chi connectivity index (χ1) is 12.6. The zero-order valence-electron chi connectivity index (χ0n) is 14.5. The monoisotopic (exact) mass is 343 g/mol. The minimum atomic E-state index is -0.240. The maximum atomic E-state index is 12.6. The second-order valence-corrected chi connectivity index (χ2v) is 6.04. The first kappa shape index (κ1) is 16.0. The van der Waals surface area contributed by atoms with E-state index in [1.807, 2.05) is 62.4 Å². The van der Waals surface area contributed by atoms with Crippen LogP contribution in [0, 0.1) is 13.8 Å². The minimum absolute atomic E-state index is 0.240. The smallest absolute Gasteiger partial charge is 0.260 e. The highest BCUT2D eigenvalue weighted by molar-refractivity contribution is 6.04. The van der Waals surface area contributed by atoms with Gasteiger partial charge in [0.05, 0.1) is 23.0 Å². The molecule has 0 spiro atoms. The highest BCUT2D eigenvalue weighted by atomic mass is 16.1. The van der Waals surface area contributed by atoms with E-state index in [1.54, 1.807) is 17.1 Å². The van der Waals surface area contributed by atoms with Crippen molar-refractivity contribution in [1.82, 2.24) is 19.7 Å². The van der Waals surface area contributed by atoms with Gasteiger partial charge in [-0.25, -0.2) is 14.6 Å². The summed E-state index contributed by atoms with van der Waals surface area (Å²) in [5.74, 6) is 0.985. The molecule has 0 fully saturated rings. The molecule has 128 valence electrons. The lowest BCUT2D eigenvalue weighted by Gasteiger charge is -2.08. The number of hydrogen-bond donors (Lipinski definition) is 1. The summed E-state index contributed by atoms with van der Waals surface area (Å²) in [7, 11) is 0. The van der Waals surface area contributed by atoms with Crippen LogP contribution in [0.15, 0.2) is 60.9 Å². The van der Waals surface area contributed by atoms with Gasteiger partial charge in [0.15, 0.2) is 5.82 Å². The van der Waals surface area contributed by atoms with Crippen molar-refractivity contribution >= 4 is 22.6 Å². The van der Waals surface area contributed by atoms with Gasteiger partial charge in [-0.05, 0) is 43.7 Å². The van der Waals surface area contributed by atoms with Crippen molar-refractivity contribution in [3.8, 4) is 5.82 Å². The maximum Gasteiger partial charge on any atom is 0.260 e. The van der Waals surface area contributed by atoms with E-state index in [0.717, 1.165) is 22.2 Å². The molecule has 4 rings (SSSR count). The average molecular weight is 343 g/mol. The Bertz CT molecular complexity index is 1120. The van der Waals surface area contributed by atoms with Crippen LogP contribution in [0.3, 0.4) is 0 Å². The quantitative estimate of drug-likeness (QED) is 0.616. The fourth-order valence-electron chi connectivity index (χ4n) is 2.83. The molecule has 0 aliphatic heterocycles. The van der Waals surface area contributed by atoms with Crippen molar-refractivity contribution < 1.29 is 4.79 Å². The number of hydrogen-bond acceptors (Lipinski definition) is 4. The standard InChI is InChI=1S/C20H17N5O/c1-13-6-5-11-21-19(13)24-20(26)16-12-22-25(14(16)2)18-10-9-15-7-3-4-8-17(15)23-18/h3-12H,1-2H3,(H,21,24,26). The molecule has 3 aromatic heterocycles. The molecule has 1 amide bonds. The van der Waals surface area contributed by atoms with Crippen LogP contribution in [0.1, 0.15) is 21.6 Å². The predicted molar refractivity (Wildman–Crippen MR) is 101 cm³/mol. The van der Waals surface area contributed by atoms with E-state index in [9.17, 15) is 4.79 Å². The van der Waals surface area contributed by atoms with E-state index in [1.165, 1.54) is 0 Å². The molecular weight excluding hydrogens is 326 g/mol. The van der Waals surface area contributed by atoms with Crippen molar-refractivity contribution in [3.63, 3.8) is 0 Å². The highest BCUT2D eigenvalue weighted by Crippen LogP contribution is 2.18. The summed E-state index contributed by atoms with van der Waals surface area (Å²) in [5, 5.41) is 8.25. The van der Waals surface area contributed by atoms with Crippen LogP contribution >= 0.6 is 0 Å². The van der Waals surface area contributed by atoms with E-state index in [2.05, 4.69) is 20.4 Å². The molecule has 0 aliphatic carbocycles. The molecule has 4 aromatic rings. The van der Waals surface area contributed by atoms with E-state index in [-0.39, 0.29) is 5.91 Å². The van der Waals surface area contributed by atoms with Crippen LogP contribution in [-0.4, -0.2) is 25.7 Å². The molecule has 0 unspecified atom stereocenters. The van der Waals surface area contributed by atoms with Gasteiger partial charge in [-0.15, -0.1) is 0 Å². The summed E-state index contributed by atoms with van der Waals surface area (Å²) >= 11 is 0. The maximum absolute atomic E-state index is 12.6. The molecule has 0 saturated heterocycles. The molecule has 6 nitrogen and oxygen atoms in total. The van der Waals surface area contributed by atoms with Gasteiger partial charge >= 0.3 is 0 Å². The Morgan fingerprint density at radius 3 is 2.73 bits per heavy atom. The number of aryl methyl sites for hydroxylation is 1. The van der Waals surface area contributed by atoms with Crippen molar-refractivity contribution in [3.05, 3.63) is 77.7 Å². The third-order valence-electron chi connectivity index (χ3n) is 4.30. The van der Waals surface area contributed by atoms with Gasteiger partial charge in [0, 0.05) is 11.6 Å². The predicted octanol–water partition coefficient (Wildman–Crippen LogP) is 3.68. The molecule has 0 aliphatic rings. The van der Waals surface area contributed by atoms with Crippen LogP contribution in [-0.2, 0) is 0 Å². The molecule has 1 N–H and O–H groups in total. The molecule has 1 aromatic carbocycles. The number of para-hydroxylation sites is 1. The lowest BCUT2D eigenvalue weighted by molar-refractivity contribution is 0.102. The lowest BCUT2D eigenvalue weighted by Crippen LogP contribution is -2.15. The molecule has 0 bridgehead atoms. The number of benzene rings is 1. The number of amides is 1. The summed E-state index contributed by atoms with van der Waals surface area (Å²) in [6.45, 7) is 3.75. The third-order valence-corrected chi connectivity index (χ3v) is 4.30. The number of aromatic nitrogens is 4. The van der Waals surface area contributed by atoms with E-state index >= 15 is 0 Å². The van der Waals surface area contributed by atoms with Gasteiger partial charge in [-0.2, -0.15) is 5.10 Å². The number of pyridine rings is 2. The highest BCUT2D eigenvalue weighted by Gasteiger charge is 2.17. The van der Waals surface area contributed by atoms with Gasteiger partial charge < -0.3 is 5.32 Å². The fraction of sp³-hybridized carbons (Fsp3) is 0.100. The van der Waals surface area contributed by atoms with E-state index < -0.39 is 0 Å². The molecule has 0 saturated carbocycles. The number of nitrogens with one attached hydrogen (secondary N) is 1. The van der Waals surface area contributed by atoms with Gasteiger partial charge in [-0.3, -0.25) is 4.79 Å². The van der Waals surface area contributed by atoms with Gasteiger partial charge in [0.1, 0.15) is 5.82 Å². The fourth-order valence-corrected chi connectivity index (χ4v) is 2.83. The average Bonchev–Trinajstić information content (AvgIpc) is 3.05. The number of carbonyl (C=O) groups is 1. The summed E-state index contributed by atoms with van der Waals surface area (Å²) in [5.41, 5.74) is 3.00. The molecule has 6 heteroatoms. The number of anilines is 1. The Morgan fingerprint density at radius 1 is 1.04 bits per heavy atom. The Labute approximate surface area is 150 Å². The normalized spacial score (nSPS) is 10.8. The number of fused-ring (bicyclic) bond motifs is 1. The van der Waals surface area contributed by atoms with Gasteiger partial charge in [0.25, 0.3) is 5.91 Å². The van der Waals surface area contributed by atoms with Crippen LogP contribution in [0.4, 0.5) is 5.82 Å². The first-order valence-electron chi connectivity index (χ1n) is 8.27. The number of carbonyl (C=O) groups excluding carboxylic acids is 1. The van der Waals surface area contributed by atoms with Crippen molar-refractivity contribution in [2.75, 3.05) is 5.32 Å². The Hall–Kier alpha value is -3.54. The van der Waals surface area contributed by atoms with Crippen LogP contribution in [0.2, 0.25) is 0 Å². The first-order valence-corrected chi connectivity index (χ1v) is 8.27. The lowest BCUT2D eigenvalue weighted by atomic mass is 10.2. The largest absolute Gasteiger partial charge is 0.306 e. The Balaban J connectivity index is 1.67. The molecule has 3 heterocycles. The summed E-state index contributed by atoms with van der Waals surface area (Å²) < 4.78 is 1.67. The molecular formula is C20H17N5O. The van der Waals surface area contributed by atoms with Crippen LogP contribution in [0.25, 0.3) is 16.7 Å². The van der Waals surface area contributed by atoms with Crippen molar-refractivity contribution in [2.24, 2.45) is 0 Å². The summed E-state index contributed by atoms with van der Waals surface area (Å²) in [6.07, 6.45) is 3.21. The van der Waals surface area contributed by atoms with Crippen molar-refractivity contribution in [1.29, 1.82) is 0 Å². The van der Waals surface area contributed by atoms with Gasteiger partial charge in [-0.1, -0.05) is 24.3 Å². The number of rotatable bonds is 3. The van der Waals surface area contributed by atoms with Crippen LogP contribution in [0.5, 0.6) is 0 Å². The second-order valence-electron chi connectivity index (χ2n) is 6.04. The van der Waals surface area contributed by atoms with Gasteiger partial charge in [0.2, 0.25) is 0 Å². The Morgan fingerprint density at radius 2 is 1.88 bits per heavy atom. The van der Waals surface area contributed by atoms with Crippen molar-refractivity contribution in [2.45, 2.75) is 13.8 Å². The molecule has 26 heavy (non-hydrogen) atoms. The summed E-state index contributed by atoms with van der Waals surface area (Å²) in [6, 6.07) is 15.5. The summed E-state index contributed by atoms with van der Waals surface area (Å²) in [4.78, 5) is 21.5.